The van der Waals surface area contributed by atoms with Crippen LogP contribution in [0.15, 0.2) is 59.5 Å². The Morgan fingerprint density at radius 3 is 2.44 bits per heavy atom. The molecular weight excluding hydrogens is 471 g/mol. The normalized spacial score (nSPS) is 18.9. The minimum atomic E-state index is -4.87. The van der Waals surface area contributed by atoms with Crippen LogP contribution in [0.25, 0.3) is 5.69 Å². The van der Waals surface area contributed by atoms with Crippen LogP contribution in [0, 0.1) is 13.8 Å². The largest absolute Gasteiger partial charge is 0.480 e. The van der Waals surface area contributed by atoms with Gasteiger partial charge in [0.25, 0.3) is 0 Å². The molecule has 0 unspecified atom stereocenters. The molecule has 0 saturated carbocycles. The maximum atomic E-state index is 13.5. The summed E-state index contributed by atoms with van der Waals surface area (Å²) in [5, 5.41) is 12.9. The van der Waals surface area contributed by atoms with Crippen molar-refractivity contribution in [3.05, 3.63) is 71.4 Å². The molecule has 0 bridgehead atoms. The minimum Gasteiger partial charge on any atom is -0.480 e. The SMILES string of the molecule is Cc1cccc(-n2nc(C)cc2N2C[C@H](S(=O)(=O)c3ccccc3C(F)(F)F)C[C@H]2C(=O)O)c1. The van der Waals surface area contributed by atoms with Gasteiger partial charge >= 0.3 is 12.1 Å². The number of rotatable bonds is 5. The van der Waals surface area contributed by atoms with Crippen molar-refractivity contribution in [3.63, 3.8) is 0 Å². The van der Waals surface area contributed by atoms with E-state index in [0.29, 0.717) is 23.3 Å². The summed E-state index contributed by atoms with van der Waals surface area (Å²) in [6.45, 7) is 3.31. The van der Waals surface area contributed by atoms with Gasteiger partial charge in [-0.15, -0.1) is 0 Å². The van der Waals surface area contributed by atoms with E-state index in [9.17, 15) is 31.5 Å². The Hall–Kier alpha value is -3.34. The van der Waals surface area contributed by atoms with Gasteiger partial charge in [0.2, 0.25) is 0 Å². The first-order chi connectivity index (χ1) is 15.9. The maximum absolute atomic E-state index is 13.5. The van der Waals surface area contributed by atoms with Crippen molar-refractivity contribution in [2.45, 2.75) is 42.6 Å². The lowest BCUT2D eigenvalue weighted by atomic mass is 10.2. The van der Waals surface area contributed by atoms with E-state index in [4.69, 9.17) is 0 Å². The summed E-state index contributed by atoms with van der Waals surface area (Å²) >= 11 is 0. The van der Waals surface area contributed by atoms with E-state index in [1.807, 2.05) is 25.1 Å². The standard InChI is InChI=1S/C23H22F3N3O4S/c1-14-6-5-7-16(10-14)29-21(11-15(2)27-29)28-13-17(12-19(28)22(30)31)34(32,33)20-9-4-3-8-18(20)23(24,25)26/h3-11,17,19H,12-13H2,1-2H3,(H,30,31)/t17-,19+/m1/s1. The highest BCUT2D eigenvalue weighted by Gasteiger charge is 2.47. The predicted molar refractivity (Wildman–Crippen MR) is 119 cm³/mol. The number of benzene rings is 2. The fraction of sp³-hybridized carbons (Fsp3) is 0.304. The number of sulfone groups is 1. The van der Waals surface area contributed by atoms with Crippen LogP contribution in [0.4, 0.5) is 19.0 Å². The summed E-state index contributed by atoms with van der Waals surface area (Å²) in [5.41, 5.74) is 0.910. The molecule has 1 N–H and O–H groups in total. The molecule has 3 aromatic rings. The summed E-state index contributed by atoms with van der Waals surface area (Å²) in [7, 11) is -4.49. The molecule has 180 valence electrons. The van der Waals surface area contributed by atoms with Gasteiger partial charge in [0.05, 0.1) is 27.1 Å². The number of hydrogen-bond acceptors (Lipinski definition) is 5. The van der Waals surface area contributed by atoms with E-state index in [1.54, 1.807) is 19.1 Å². The second kappa shape index (κ2) is 8.46. The molecule has 0 aliphatic carbocycles. The number of nitrogens with zero attached hydrogens (tertiary/aromatic N) is 3. The number of carbonyl (C=O) groups is 1. The van der Waals surface area contributed by atoms with Gasteiger partial charge in [-0.1, -0.05) is 24.3 Å². The third kappa shape index (κ3) is 4.27. The number of aliphatic carboxylic acids is 1. The van der Waals surface area contributed by atoms with Crippen LogP contribution in [0.2, 0.25) is 0 Å². The van der Waals surface area contributed by atoms with Crippen molar-refractivity contribution >= 4 is 21.6 Å². The van der Waals surface area contributed by atoms with Crippen LogP contribution in [-0.4, -0.2) is 47.1 Å². The second-order valence-corrected chi connectivity index (χ2v) is 10.5. The quantitative estimate of drug-likeness (QED) is 0.577. The van der Waals surface area contributed by atoms with E-state index < -0.39 is 43.7 Å². The molecule has 1 saturated heterocycles. The van der Waals surface area contributed by atoms with Crippen molar-refractivity contribution in [1.82, 2.24) is 9.78 Å². The molecule has 4 rings (SSSR count). The molecule has 1 aromatic heterocycles. The number of alkyl halides is 3. The van der Waals surface area contributed by atoms with Crippen molar-refractivity contribution < 1.29 is 31.5 Å². The molecule has 11 heteroatoms. The highest BCUT2D eigenvalue weighted by Crippen LogP contribution is 2.39. The summed E-state index contributed by atoms with van der Waals surface area (Å²) in [6, 6.07) is 11.7. The lowest BCUT2D eigenvalue weighted by Gasteiger charge is -2.24. The zero-order chi connectivity index (χ0) is 24.8. The van der Waals surface area contributed by atoms with Gasteiger partial charge in [0, 0.05) is 12.6 Å². The molecular formula is C23H22F3N3O4S. The van der Waals surface area contributed by atoms with Crippen LogP contribution in [-0.2, 0) is 20.8 Å². The second-order valence-electron chi connectivity index (χ2n) is 8.30. The molecule has 7 nitrogen and oxygen atoms in total. The van der Waals surface area contributed by atoms with E-state index in [0.717, 1.165) is 17.7 Å². The Balaban J connectivity index is 1.77. The Labute approximate surface area is 194 Å². The Kier molecular flexibility index (Phi) is 5.92. The highest BCUT2D eigenvalue weighted by atomic mass is 32.2. The van der Waals surface area contributed by atoms with E-state index in [1.165, 1.54) is 15.6 Å². The zero-order valence-electron chi connectivity index (χ0n) is 18.3. The lowest BCUT2D eigenvalue weighted by molar-refractivity contribution is -0.140. The lowest BCUT2D eigenvalue weighted by Crippen LogP contribution is -2.37. The first-order valence-electron chi connectivity index (χ1n) is 10.4. The van der Waals surface area contributed by atoms with Crippen molar-refractivity contribution in [1.29, 1.82) is 0 Å². The summed E-state index contributed by atoms with van der Waals surface area (Å²) in [4.78, 5) is 12.6. The molecule has 1 fully saturated rings. The fourth-order valence-corrected chi connectivity index (χ4v) is 6.19. The monoisotopic (exact) mass is 493 g/mol. The predicted octanol–water partition coefficient (Wildman–Crippen LogP) is 4.01. The van der Waals surface area contributed by atoms with Crippen LogP contribution >= 0.6 is 0 Å². The van der Waals surface area contributed by atoms with Crippen molar-refractivity contribution in [2.24, 2.45) is 0 Å². The first kappa shape index (κ1) is 23.8. The topological polar surface area (TPSA) is 92.5 Å². The van der Waals surface area contributed by atoms with Gasteiger partial charge in [0.15, 0.2) is 9.84 Å². The molecule has 0 spiro atoms. The molecule has 34 heavy (non-hydrogen) atoms. The molecule has 2 heterocycles. The third-order valence-electron chi connectivity index (χ3n) is 5.84. The maximum Gasteiger partial charge on any atom is 0.417 e. The van der Waals surface area contributed by atoms with Gasteiger partial charge in [-0.25, -0.2) is 17.9 Å². The van der Waals surface area contributed by atoms with Gasteiger partial charge in [-0.2, -0.15) is 18.3 Å². The zero-order valence-corrected chi connectivity index (χ0v) is 19.1. The number of carboxylic acid groups (broad SMARTS) is 1. The van der Waals surface area contributed by atoms with E-state index in [-0.39, 0.29) is 13.0 Å². The number of aryl methyl sites for hydroxylation is 2. The van der Waals surface area contributed by atoms with Crippen LogP contribution in [0.3, 0.4) is 0 Å². The number of aromatic nitrogens is 2. The van der Waals surface area contributed by atoms with Gasteiger partial charge in [0.1, 0.15) is 11.9 Å². The molecule has 2 aromatic carbocycles. The molecule has 0 amide bonds. The van der Waals surface area contributed by atoms with Gasteiger partial charge in [-0.05, 0) is 50.1 Å². The summed E-state index contributed by atoms with van der Waals surface area (Å²) < 4.78 is 68.7. The summed E-state index contributed by atoms with van der Waals surface area (Å²) in [5.74, 6) is -0.909. The average Bonchev–Trinajstić information content (AvgIpc) is 3.37. The van der Waals surface area contributed by atoms with E-state index >= 15 is 0 Å². The van der Waals surface area contributed by atoms with Crippen LogP contribution in [0.5, 0.6) is 0 Å². The van der Waals surface area contributed by atoms with Crippen LogP contribution < -0.4 is 4.90 Å². The fourth-order valence-electron chi connectivity index (χ4n) is 4.28. The van der Waals surface area contributed by atoms with Gasteiger partial charge in [-0.3, -0.25) is 0 Å². The molecule has 1 aliphatic rings. The first-order valence-corrected chi connectivity index (χ1v) is 12.0. The average molecular weight is 494 g/mol. The number of carboxylic acids is 1. The minimum absolute atomic E-state index is 0.289. The number of hydrogen-bond donors (Lipinski definition) is 1. The van der Waals surface area contributed by atoms with Crippen molar-refractivity contribution in [3.8, 4) is 5.69 Å². The van der Waals surface area contributed by atoms with Crippen molar-refractivity contribution in [2.75, 3.05) is 11.4 Å². The molecule has 2 atom stereocenters. The Morgan fingerprint density at radius 2 is 1.79 bits per heavy atom. The van der Waals surface area contributed by atoms with E-state index in [2.05, 4.69) is 5.10 Å². The smallest absolute Gasteiger partial charge is 0.417 e. The highest BCUT2D eigenvalue weighted by molar-refractivity contribution is 7.92. The van der Waals surface area contributed by atoms with Crippen LogP contribution in [0.1, 0.15) is 23.2 Å². The Bertz CT molecular complexity index is 1350. The van der Waals surface area contributed by atoms with Gasteiger partial charge < -0.3 is 10.0 Å². The molecule has 0 radical (unpaired) electrons. The summed E-state index contributed by atoms with van der Waals surface area (Å²) in [6.07, 6.45) is -5.23. The number of halogens is 3. The molecule has 1 aliphatic heterocycles. The third-order valence-corrected chi connectivity index (χ3v) is 8.03. The Morgan fingerprint density at radius 1 is 1.09 bits per heavy atom. The number of anilines is 1.